The van der Waals surface area contributed by atoms with Gasteiger partial charge in [-0.25, -0.2) is 0 Å². The highest BCUT2D eigenvalue weighted by molar-refractivity contribution is 5.62. The smallest absolute Gasteiger partial charge is 0.0838 e. The van der Waals surface area contributed by atoms with Gasteiger partial charge in [0.05, 0.1) is 6.10 Å². The number of hydrogen-bond donors (Lipinski definition) is 2. The highest BCUT2D eigenvalue weighted by Crippen LogP contribution is 2.44. The fourth-order valence-electron chi connectivity index (χ4n) is 2.28. The summed E-state index contributed by atoms with van der Waals surface area (Å²) in [5.41, 5.74) is 3.68. The van der Waals surface area contributed by atoms with E-state index in [1.165, 1.54) is 24.1 Å². The molecule has 0 aromatic heterocycles. The summed E-state index contributed by atoms with van der Waals surface area (Å²) >= 11 is 0. The van der Waals surface area contributed by atoms with Crippen molar-refractivity contribution < 1.29 is 5.11 Å². The molecule has 2 nitrogen and oxygen atoms in total. The molecule has 0 radical (unpaired) electrons. The van der Waals surface area contributed by atoms with Crippen molar-refractivity contribution in [2.75, 3.05) is 11.9 Å². The van der Waals surface area contributed by atoms with E-state index in [9.17, 15) is 5.11 Å². The van der Waals surface area contributed by atoms with Gasteiger partial charge >= 0.3 is 0 Å². The molecule has 1 heterocycles. The molecule has 0 bridgehead atoms. The fourth-order valence-corrected chi connectivity index (χ4v) is 2.28. The lowest BCUT2D eigenvalue weighted by molar-refractivity contribution is 0.154. The Balaban J connectivity index is 2.00. The zero-order valence-electron chi connectivity index (χ0n) is 8.16. The highest BCUT2D eigenvalue weighted by Gasteiger charge is 2.32. The maximum atomic E-state index is 10.1. The second kappa shape index (κ2) is 2.99. The predicted molar refractivity (Wildman–Crippen MR) is 56.3 cm³/mol. The van der Waals surface area contributed by atoms with E-state index >= 15 is 0 Å². The van der Waals surface area contributed by atoms with Crippen LogP contribution in [0.15, 0.2) is 18.2 Å². The zero-order valence-corrected chi connectivity index (χ0v) is 8.16. The molecular weight excluding hydrogens is 174 g/mol. The van der Waals surface area contributed by atoms with Gasteiger partial charge in [-0.2, -0.15) is 0 Å². The van der Waals surface area contributed by atoms with Crippen molar-refractivity contribution in [1.82, 2.24) is 0 Å². The second-order valence-electron chi connectivity index (χ2n) is 4.34. The summed E-state index contributed by atoms with van der Waals surface area (Å²) in [5, 5.41) is 13.5. The maximum Gasteiger partial charge on any atom is 0.0838 e. The van der Waals surface area contributed by atoms with Crippen LogP contribution < -0.4 is 5.32 Å². The van der Waals surface area contributed by atoms with Crippen LogP contribution in [0, 0.1) is 5.92 Å². The predicted octanol–water partition coefficient (Wildman–Crippen LogP) is 2.10. The average molecular weight is 189 g/mol. The average Bonchev–Trinajstić information content (AvgIpc) is 2.94. The third kappa shape index (κ3) is 1.22. The third-order valence-corrected chi connectivity index (χ3v) is 3.27. The molecule has 0 spiro atoms. The molecule has 0 amide bonds. The van der Waals surface area contributed by atoms with Crippen LogP contribution in [0.5, 0.6) is 0 Å². The van der Waals surface area contributed by atoms with Crippen LogP contribution in [0.4, 0.5) is 5.69 Å². The van der Waals surface area contributed by atoms with Gasteiger partial charge in [0.1, 0.15) is 0 Å². The molecule has 1 aliphatic heterocycles. The van der Waals surface area contributed by atoms with Gasteiger partial charge in [-0.3, -0.25) is 0 Å². The van der Waals surface area contributed by atoms with E-state index in [0.29, 0.717) is 5.92 Å². The van der Waals surface area contributed by atoms with E-state index in [-0.39, 0.29) is 6.10 Å². The van der Waals surface area contributed by atoms with Crippen molar-refractivity contribution in [2.24, 2.45) is 5.92 Å². The maximum absolute atomic E-state index is 10.1. The Bertz CT molecular complexity index is 357. The number of benzene rings is 1. The summed E-state index contributed by atoms with van der Waals surface area (Å²) in [6.07, 6.45) is 3.23. The monoisotopic (exact) mass is 189 g/mol. The topological polar surface area (TPSA) is 32.3 Å². The summed E-state index contributed by atoms with van der Waals surface area (Å²) in [5.74, 6) is 0.517. The zero-order chi connectivity index (χ0) is 9.54. The lowest BCUT2D eigenvalue weighted by Crippen LogP contribution is -2.03. The van der Waals surface area contributed by atoms with E-state index in [0.717, 1.165) is 18.5 Å². The van der Waals surface area contributed by atoms with Crippen LogP contribution in [0.25, 0.3) is 0 Å². The van der Waals surface area contributed by atoms with Crippen LogP contribution in [-0.2, 0) is 6.42 Å². The molecule has 1 unspecified atom stereocenters. The summed E-state index contributed by atoms with van der Waals surface area (Å²) in [4.78, 5) is 0. The highest BCUT2D eigenvalue weighted by atomic mass is 16.3. The molecule has 1 saturated carbocycles. The van der Waals surface area contributed by atoms with Gasteiger partial charge in [0.25, 0.3) is 0 Å². The minimum atomic E-state index is -0.240. The van der Waals surface area contributed by atoms with Crippen LogP contribution in [0.1, 0.15) is 30.1 Å². The third-order valence-electron chi connectivity index (χ3n) is 3.27. The van der Waals surface area contributed by atoms with E-state index < -0.39 is 0 Å². The fraction of sp³-hybridized carbons (Fsp3) is 0.500. The van der Waals surface area contributed by atoms with Gasteiger partial charge < -0.3 is 10.4 Å². The minimum Gasteiger partial charge on any atom is -0.388 e. The normalized spacial score (nSPS) is 21.5. The van der Waals surface area contributed by atoms with Gasteiger partial charge in [-0.05, 0) is 30.7 Å². The lowest BCUT2D eigenvalue weighted by atomic mass is 10.0. The van der Waals surface area contributed by atoms with Crippen molar-refractivity contribution in [3.8, 4) is 0 Å². The Morgan fingerprint density at radius 3 is 3.00 bits per heavy atom. The van der Waals surface area contributed by atoms with Crippen molar-refractivity contribution >= 4 is 5.69 Å². The van der Waals surface area contributed by atoms with Crippen molar-refractivity contribution in [1.29, 1.82) is 0 Å². The molecule has 1 aromatic carbocycles. The first-order chi connectivity index (χ1) is 6.86. The first-order valence-electron chi connectivity index (χ1n) is 5.40. The molecule has 2 N–H and O–H groups in total. The molecule has 3 rings (SSSR count). The minimum absolute atomic E-state index is 0.240. The van der Waals surface area contributed by atoms with Crippen molar-refractivity contribution in [2.45, 2.75) is 25.4 Å². The summed E-state index contributed by atoms with van der Waals surface area (Å²) in [6.45, 7) is 1.02. The first-order valence-corrected chi connectivity index (χ1v) is 5.40. The van der Waals surface area contributed by atoms with Crippen LogP contribution in [0.2, 0.25) is 0 Å². The van der Waals surface area contributed by atoms with Gasteiger partial charge in [0.2, 0.25) is 0 Å². The van der Waals surface area contributed by atoms with Gasteiger partial charge in [0.15, 0.2) is 0 Å². The molecule has 1 aromatic rings. The van der Waals surface area contributed by atoms with Gasteiger partial charge in [0, 0.05) is 17.8 Å². The molecule has 0 saturated heterocycles. The number of fused-ring (bicyclic) bond motifs is 1. The van der Waals surface area contributed by atoms with E-state index in [1.54, 1.807) is 0 Å². The Hall–Kier alpha value is -1.02. The Kier molecular flexibility index (Phi) is 1.77. The summed E-state index contributed by atoms with van der Waals surface area (Å²) < 4.78 is 0. The number of anilines is 1. The molecule has 74 valence electrons. The van der Waals surface area contributed by atoms with E-state index in [2.05, 4.69) is 23.5 Å². The van der Waals surface area contributed by atoms with Crippen molar-refractivity contribution in [3.63, 3.8) is 0 Å². The number of hydrogen-bond acceptors (Lipinski definition) is 2. The molecule has 2 heteroatoms. The molecule has 1 atom stereocenters. The van der Waals surface area contributed by atoms with Gasteiger partial charge in [-0.15, -0.1) is 0 Å². The number of rotatable bonds is 2. The SMILES string of the molecule is OC(c1cccc2c1NCC2)C1CC1. The first kappa shape index (κ1) is 8.30. The molecule has 1 aliphatic carbocycles. The van der Waals surface area contributed by atoms with Crippen LogP contribution in [-0.4, -0.2) is 11.7 Å². The molecule has 1 fully saturated rings. The lowest BCUT2D eigenvalue weighted by Gasteiger charge is -2.14. The quantitative estimate of drug-likeness (QED) is 0.746. The Morgan fingerprint density at radius 1 is 1.36 bits per heavy atom. The number of aliphatic hydroxyl groups excluding tert-OH is 1. The number of nitrogens with one attached hydrogen (secondary N) is 1. The Labute approximate surface area is 84.0 Å². The van der Waals surface area contributed by atoms with Gasteiger partial charge in [-0.1, -0.05) is 18.2 Å². The standard InChI is InChI=1S/C12H15NO/c14-12(9-4-5-9)10-3-1-2-8-6-7-13-11(8)10/h1-3,9,12-14H,4-7H2. The molecular formula is C12H15NO. The van der Waals surface area contributed by atoms with E-state index in [4.69, 9.17) is 0 Å². The largest absolute Gasteiger partial charge is 0.388 e. The Morgan fingerprint density at radius 2 is 2.21 bits per heavy atom. The number of para-hydroxylation sites is 1. The summed E-state index contributed by atoms with van der Waals surface area (Å²) in [6, 6.07) is 6.27. The van der Waals surface area contributed by atoms with E-state index in [1.807, 2.05) is 0 Å². The molecule has 14 heavy (non-hydrogen) atoms. The molecule has 2 aliphatic rings. The summed E-state index contributed by atoms with van der Waals surface area (Å²) in [7, 11) is 0. The second-order valence-corrected chi connectivity index (χ2v) is 4.34. The van der Waals surface area contributed by atoms with Crippen LogP contribution in [0.3, 0.4) is 0 Å². The number of aliphatic hydroxyl groups is 1. The van der Waals surface area contributed by atoms with Crippen molar-refractivity contribution in [3.05, 3.63) is 29.3 Å². The van der Waals surface area contributed by atoms with Crippen LogP contribution >= 0.6 is 0 Å².